The summed E-state index contributed by atoms with van der Waals surface area (Å²) in [6.45, 7) is 3.80. The van der Waals surface area contributed by atoms with E-state index in [1.165, 1.54) is 0 Å². The molecule has 0 bridgehead atoms. The van der Waals surface area contributed by atoms with E-state index in [1.807, 2.05) is 12.1 Å². The Kier molecular flexibility index (Phi) is 4.78. The Morgan fingerprint density at radius 2 is 2.38 bits per heavy atom. The molecule has 1 heterocycles. The zero-order valence-electron chi connectivity index (χ0n) is 9.27. The fraction of sp³-hybridized carbons (Fsp3) is 0.455. The molecule has 2 unspecified atom stereocenters. The molecule has 2 atom stereocenters. The van der Waals surface area contributed by atoms with Crippen molar-refractivity contribution in [3.8, 4) is 6.07 Å². The third-order valence-electron chi connectivity index (χ3n) is 1.99. The molecule has 0 saturated heterocycles. The predicted molar refractivity (Wildman–Crippen MR) is 70.1 cm³/mol. The second kappa shape index (κ2) is 5.67. The van der Waals surface area contributed by atoms with Gasteiger partial charge in [0.15, 0.2) is 0 Å². The first-order valence-corrected chi connectivity index (χ1v) is 6.58. The second-order valence-corrected chi connectivity index (χ2v) is 6.35. The molecule has 5 heteroatoms. The molecule has 0 aliphatic rings. The molecule has 1 rings (SSSR count). The highest BCUT2D eigenvalue weighted by Crippen LogP contribution is 2.26. The summed E-state index contributed by atoms with van der Waals surface area (Å²) in [5.41, 5.74) is 5.03. The van der Waals surface area contributed by atoms with Gasteiger partial charge in [-0.1, -0.05) is 6.92 Å². The number of nitriles is 1. The maximum Gasteiger partial charge on any atom is 0.102 e. The zero-order valence-corrected chi connectivity index (χ0v) is 11.7. The standard InChI is InChI=1S/C11H14BrN3S/c1-8(5-11(2,14)7-13)16-10-4-3-9(12)6-15-10/h3-4,6,8H,5,14H2,1-2H3. The Labute approximate surface area is 109 Å². The summed E-state index contributed by atoms with van der Waals surface area (Å²) in [4.78, 5) is 4.27. The maximum absolute atomic E-state index is 8.84. The first-order valence-electron chi connectivity index (χ1n) is 4.91. The van der Waals surface area contributed by atoms with Crippen LogP contribution in [0.15, 0.2) is 27.8 Å². The van der Waals surface area contributed by atoms with Gasteiger partial charge in [0.25, 0.3) is 0 Å². The molecule has 1 aromatic heterocycles. The van der Waals surface area contributed by atoms with Crippen molar-refractivity contribution in [2.24, 2.45) is 5.73 Å². The molecule has 2 N–H and O–H groups in total. The molecule has 0 aromatic carbocycles. The van der Waals surface area contributed by atoms with Crippen LogP contribution in [0.25, 0.3) is 0 Å². The lowest BCUT2D eigenvalue weighted by Gasteiger charge is -2.19. The minimum absolute atomic E-state index is 0.267. The smallest absolute Gasteiger partial charge is 0.102 e. The third-order valence-corrected chi connectivity index (χ3v) is 3.51. The summed E-state index contributed by atoms with van der Waals surface area (Å²) in [7, 11) is 0. The van der Waals surface area contributed by atoms with E-state index in [2.05, 4.69) is 33.9 Å². The van der Waals surface area contributed by atoms with Crippen LogP contribution in [0.5, 0.6) is 0 Å². The van der Waals surface area contributed by atoms with E-state index < -0.39 is 5.54 Å². The summed E-state index contributed by atoms with van der Waals surface area (Å²) >= 11 is 4.97. The Balaban J connectivity index is 2.55. The lowest BCUT2D eigenvalue weighted by molar-refractivity contribution is 0.545. The SMILES string of the molecule is CC(CC(C)(N)C#N)Sc1ccc(Br)cn1. The average Bonchev–Trinajstić information content (AvgIpc) is 2.21. The lowest BCUT2D eigenvalue weighted by Crippen LogP contribution is -2.36. The molecule has 0 aliphatic heterocycles. The molecule has 86 valence electrons. The number of rotatable bonds is 4. The number of aromatic nitrogens is 1. The van der Waals surface area contributed by atoms with Crippen molar-refractivity contribution >= 4 is 27.7 Å². The normalized spacial score (nSPS) is 16.2. The van der Waals surface area contributed by atoms with E-state index in [-0.39, 0.29) is 5.25 Å². The van der Waals surface area contributed by atoms with Crippen LogP contribution in [0.3, 0.4) is 0 Å². The Hall–Kier alpha value is -0.570. The third kappa shape index (κ3) is 4.52. The fourth-order valence-electron chi connectivity index (χ4n) is 1.32. The van der Waals surface area contributed by atoms with Crippen LogP contribution in [0.1, 0.15) is 20.3 Å². The minimum Gasteiger partial charge on any atom is -0.314 e. The van der Waals surface area contributed by atoms with Crippen LogP contribution in [-0.4, -0.2) is 15.8 Å². The number of nitrogens with two attached hydrogens (primary N) is 1. The van der Waals surface area contributed by atoms with Gasteiger partial charge in [-0.3, -0.25) is 0 Å². The van der Waals surface area contributed by atoms with Gasteiger partial charge in [-0.2, -0.15) is 5.26 Å². The molecule has 3 nitrogen and oxygen atoms in total. The Morgan fingerprint density at radius 1 is 1.69 bits per heavy atom. The molecule has 0 spiro atoms. The van der Waals surface area contributed by atoms with Crippen molar-refractivity contribution in [2.75, 3.05) is 0 Å². The monoisotopic (exact) mass is 299 g/mol. The molecule has 0 saturated carbocycles. The molecule has 0 amide bonds. The van der Waals surface area contributed by atoms with Crippen LogP contribution >= 0.6 is 27.7 Å². The van der Waals surface area contributed by atoms with Crippen molar-refractivity contribution in [1.29, 1.82) is 5.26 Å². The van der Waals surface area contributed by atoms with E-state index in [4.69, 9.17) is 11.0 Å². The number of pyridine rings is 1. The summed E-state index contributed by atoms with van der Waals surface area (Å²) < 4.78 is 0.963. The van der Waals surface area contributed by atoms with Crippen LogP contribution in [0, 0.1) is 11.3 Å². The van der Waals surface area contributed by atoms with Gasteiger partial charge in [0, 0.05) is 15.9 Å². The molecular formula is C11H14BrN3S. The van der Waals surface area contributed by atoms with Crippen LogP contribution < -0.4 is 5.73 Å². The highest BCUT2D eigenvalue weighted by Gasteiger charge is 2.21. The van der Waals surface area contributed by atoms with Crippen molar-refractivity contribution in [3.05, 3.63) is 22.8 Å². The van der Waals surface area contributed by atoms with Gasteiger partial charge in [-0.25, -0.2) is 4.98 Å². The van der Waals surface area contributed by atoms with E-state index in [0.717, 1.165) is 9.50 Å². The topological polar surface area (TPSA) is 62.7 Å². The highest BCUT2D eigenvalue weighted by molar-refractivity contribution is 9.10. The predicted octanol–water partition coefficient (Wildman–Crippen LogP) is 2.96. The first-order chi connectivity index (χ1) is 7.43. The van der Waals surface area contributed by atoms with Crippen LogP contribution in [0.4, 0.5) is 0 Å². The summed E-state index contributed by atoms with van der Waals surface area (Å²) in [5, 5.41) is 10.1. The summed E-state index contributed by atoms with van der Waals surface area (Å²) in [6, 6.07) is 6.01. The van der Waals surface area contributed by atoms with Gasteiger partial charge in [-0.05, 0) is 41.4 Å². The number of nitrogens with zero attached hydrogens (tertiary/aromatic N) is 2. The molecule has 0 radical (unpaired) electrons. The molecule has 1 aromatic rings. The number of thioether (sulfide) groups is 1. The number of hydrogen-bond acceptors (Lipinski definition) is 4. The summed E-state index contributed by atoms with van der Waals surface area (Å²) in [6.07, 6.45) is 2.41. The van der Waals surface area contributed by atoms with Crippen LogP contribution in [-0.2, 0) is 0 Å². The second-order valence-electron chi connectivity index (χ2n) is 3.98. The average molecular weight is 300 g/mol. The molecule has 0 fully saturated rings. The van der Waals surface area contributed by atoms with Crippen molar-refractivity contribution in [1.82, 2.24) is 4.98 Å². The van der Waals surface area contributed by atoms with E-state index >= 15 is 0 Å². The van der Waals surface area contributed by atoms with Crippen LogP contribution in [0.2, 0.25) is 0 Å². The van der Waals surface area contributed by atoms with Crippen molar-refractivity contribution in [3.63, 3.8) is 0 Å². The zero-order chi connectivity index (χ0) is 12.2. The fourth-order valence-corrected chi connectivity index (χ4v) is 2.66. The minimum atomic E-state index is -0.762. The van der Waals surface area contributed by atoms with Gasteiger partial charge in [0.1, 0.15) is 5.54 Å². The maximum atomic E-state index is 8.84. The van der Waals surface area contributed by atoms with Crippen molar-refractivity contribution in [2.45, 2.75) is 36.1 Å². The van der Waals surface area contributed by atoms with E-state index in [9.17, 15) is 0 Å². The molecule has 0 aliphatic carbocycles. The van der Waals surface area contributed by atoms with Gasteiger partial charge in [0.05, 0.1) is 11.1 Å². The Bertz CT molecular complexity index is 383. The van der Waals surface area contributed by atoms with Gasteiger partial charge in [0.2, 0.25) is 0 Å². The largest absolute Gasteiger partial charge is 0.314 e. The highest BCUT2D eigenvalue weighted by atomic mass is 79.9. The van der Waals surface area contributed by atoms with Gasteiger partial charge < -0.3 is 5.73 Å². The molecule has 16 heavy (non-hydrogen) atoms. The van der Waals surface area contributed by atoms with Gasteiger partial charge in [-0.15, -0.1) is 11.8 Å². The first kappa shape index (κ1) is 13.5. The number of hydrogen-bond donors (Lipinski definition) is 1. The Morgan fingerprint density at radius 3 is 2.88 bits per heavy atom. The lowest BCUT2D eigenvalue weighted by atomic mass is 10.00. The van der Waals surface area contributed by atoms with Gasteiger partial charge >= 0.3 is 0 Å². The van der Waals surface area contributed by atoms with E-state index in [1.54, 1.807) is 24.9 Å². The quantitative estimate of drug-likeness (QED) is 0.868. The number of halogens is 1. The molecular weight excluding hydrogens is 286 g/mol. The summed E-state index contributed by atoms with van der Waals surface area (Å²) in [5.74, 6) is 0. The van der Waals surface area contributed by atoms with Crippen molar-refractivity contribution < 1.29 is 0 Å². The van der Waals surface area contributed by atoms with E-state index in [0.29, 0.717) is 6.42 Å².